The summed E-state index contributed by atoms with van der Waals surface area (Å²) in [5, 5.41) is 4.81. The molecule has 1 N–H and O–H groups in total. The molecule has 2 aromatic carbocycles. The number of nitrogens with one attached hydrogen (secondary N) is 1. The average Bonchev–Trinajstić information content (AvgIpc) is 3.16. The molecule has 1 aliphatic carbocycles. The zero-order valence-electron chi connectivity index (χ0n) is 13.9. The number of benzene rings is 2. The molecule has 0 aliphatic heterocycles. The highest BCUT2D eigenvalue weighted by Gasteiger charge is 2.19. The summed E-state index contributed by atoms with van der Waals surface area (Å²) in [7, 11) is 0. The third-order valence-corrected chi connectivity index (χ3v) is 4.62. The van der Waals surface area contributed by atoms with E-state index in [-0.39, 0.29) is 12.0 Å². The topological polar surface area (TPSA) is 51.2 Å². The van der Waals surface area contributed by atoms with E-state index in [1.807, 2.05) is 54.6 Å². The molecule has 1 aliphatic rings. The molecule has 126 valence electrons. The molecular formula is C21H20N2O2. The first kappa shape index (κ1) is 15.6. The number of carbonyl (C=O) groups is 1. The first-order chi connectivity index (χ1) is 12.3. The number of amides is 1. The average molecular weight is 332 g/mol. The molecule has 1 fully saturated rings. The fourth-order valence-electron chi connectivity index (χ4n) is 3.34. The molecule has 0 radical (unpaired) electrons. The minimum atomic E-state index is -0.223. The van der Waals surface area contributed by atoms with Gasteiger partial charge in [0.2, 0.25) is 0 Å². The van der Waals surface area contributed by atoms with Crippen LogP contribution in [-0.2, 0) is 0 Å². The van der Waals surface area contributed by atoms with Gasteiger partial charge in [0.05, 0.1) is 11.8 Å². The van der Waals surface area contributed by atoms with E-state index in [2.05, 4.69) is 10.3 Å². The molecule has 0 saturated heterocycles. The van der Waals surface area contributed by atoms with E-state index in [1.54, 1.807) is 6.20 Å². The van der Waals surface area contributed by atoms with Crippen molar-refractivity contribution < 1.29 is 9.53 Å². The van der Waals surface area contributed by atoms with Crippen molar-refractivity contribution in [3.63, 3.8) is 0 Å². The van der Waals surface area contributed by atoms with E-state index in [4.69, 9.17) is 4.74 Å². The van der Waals surface area contributed by atoms with Crippen LogP contribution >= 0.6 is 0 Å². The number of rotatable bonds is 4. The van der Waals surface area contributed by atoms with Crippen LogP contribution in [0.4, 0.5) is 5.69 Å². The molecule has 3 aromatic rings. The Bertz CT molecular complexity index is 896. The van der Waals surface area contributed by atoms with Gasteiger partial charge in [-0.15, -0.1) is 0 Å². The van der Waals surface area contributed by atoms with Crippen molar-refractivity contribution in [2.75, 3.05) is 5.32 Å². The Balaban J connectivity index is 1.60. The molecule has 0 bridgehead atoms. The van der Waals surface area contributed by atoms with Gasteiger partial charge in [0, 0.05) is 11.6 Å². The Kier molecular flexibility index (Phi) is 4.34. The Labute approximate surface area is 146 Å². The minimum Gasteiger partial charge on any atom is -0.488 e. The van der Waals surface area contributed by atoms with Crippen LogP contribution in [-0.4, -0.2) is 17.0 Å². The van der Waals surface area contributed by atoms with Crippen LogP contribution < -0.4 is 10.1 Å². The van der Waals surface area contributed by atoms with Crippen LogP contribution in [0, 0.1) is 0 Å². The summed E-state index contributed by atoms with van der Waals surface area (Å²) in [5.41, 5.74) is 1.11. The van der Waals surface area contributed by atoms with Gasteiger partial charge in [-0.2, -0.15) is 0 Å². The van der Waals surface area contributed by atoms with E-state index < -0.39 is 0 Å². The molecule has 25 heavy (non-hydrogen) atoms. The number of pyridine rings is 1. The number of aromatic nitrogens is 1. The zero-order valence-corrected chi connectivity index (χ0v) is 13.9. The van der Waals surface area contributed by atoms with Gasteiger partial charge in [-0.25, -0.2) is 0 Å². The van der Waals surface area contributed by atoms with Crippen LogP contribution in [0.5, 0.6) is 5.75 Å². The van der Waals surface area contributed by atoms with E-state index in [0.29, 0.717) is 11.4 Å². The van der Waals surface area contributed by atoms with Gasteiger partial charge in [-0.05, 0) is 49.3 Å². The normalized spacial score (nSPS) is 14.6. The van der Waals surface area contributed by atoms with Gasteiger partial charge < -0.3 is 10.1 Å². The van der Waals surface area contributed by atoms with Gasteiger partial charge in [0.1, 0.15) is 11.4 Å². The molecule has 0 spiro atoms. The maximum Gasteiger partial charge on any atom is 0.275 e. The number of fused-ring (bicyclic) bond motifs is 1. The second-order valence-corrected chi connectivity index (χ2v) is 6.36. The lowest BCUT2D eigenvalue weighted by Crippen LogP contribution is -2.17. The maximum atomic E-state index is 12.8. The Morgan fingerprint density at radius 3 is 2.64 bits per heavy atom. The number of carbonyl (C=O) groups excluding carboxylic acids is 1. The Morgan fingerprint density at radius 2 is 1.76 bits per heavy atom. The van der Waals surface area contributed by atoms with Gasteiger partial charge in [0.25, 0.3) is 5.91 Å². The lowest BCUT2D eigenvalue weighted by molar-refractivity contribution is 0.102. The van der Waals surface area contributed by atoms with Crippen molar-refractivity contribution in [3.05, 3.63) is 66.5 Å². The van der Waals surface area contributed by atoms with Crippen LogP contribution in [0.3, 0.4) is 0 Å². The van der Waals surface area contributed by atoms with E-state index in [1.165, 1.54) is 12.8 Å². The molecule has 1 heterocycles. The van der Waals surface area contributed by atoms with Crippen molar-refractivity contribution in [1.29, 1.82) is 0 Å². The van der Waals surface area contributed by atoms with E-state index in [9.17, 15) is 4.79 Å². The standard InChI is InChI=1S/C21H20N2O2/c24-21(20-17-10-4-1-7-15(17)13-14-22-20)23-18-11-5-6-12-19(18)25-16-8-2-3-9-16/h1,4-7,10-14,16H,2-3,8-9H2,(H,23,24). The fourth-order valence-corrected chi connectivity index (χ4v) is 3.34. The molecular weight excluding hydrogens is 312 g/mol. The summed E-state index contributed by atoms with van der Waals surface area (Å²) in [4.78, 5) is 17.1. The summed E-state index contributed by atoms with van der Waals surface area (Å²) in [5.74, 6) is 0.502. The molecule has 1 aromatic heterocycles. The van der Waals surface area contributed by atoms with Gasteiger partial charge in [-0.1, -0.05) is 36.4 Å². The largest absolute Gasteiger partial charge is 0.488 e. The number of ether oxygens (including phenoxy) is 1. The predicted octanol–water partition coefficient (Wildman–Crippen LogP) is 4.81. The summed E-state index contributed by atoms with van der Waals surface area (Å²) in [6.45, 7) is 0. The van der Waals surface area contributed by atoms with E-state index in [0.717, 1.165) is 29.4 Å². The number of hydrogen-bond acceptors (Lipinski definition) is 3. The molecule has 4 rings (SSSR count). The van der Waals surface area contributed by atoms with Crippen LogP contribution in [0.25, 0.3) is 10.8 Å². The molecule has 0 atom stereocenters. The third-order valence-electron chi connectivity index (χ3n) is 4.62. The summed E-state index contributed by atoms with van der Waals surface area (Å²) in [6, 6.07) is 17.3. The highest BCUT2D eigenvalue weighted by molar-refractivity contribution is 6.11. The highest BCUT2D eigenvalue weighted by atomic mass is 16.5. The predicted molar refractivity (Wildman–Crippen MR) is 99.0 cm³/mol. The first-order valence-electron chi connectivity index (χ1n) is 8.72. The van der Waals surface area contributed by atoms with Crippen LogP contribution in [0.15, 0.2) is 60.8 Å². The van der Waals surface area contributed by atoms with Crippen molar-refractivity contribution in [3.8, 4) is 5.75 Å². The summed E-state index contributed by atoms with van der Waals surface area (Å²) in [6.07, 6.45) is 6.48. The lowest BCUT2D eigenvalue weighted by atomic mass is 10.1. The molecule has 4 nitrogen and oxygen atoms in total. The number of hydrogen-bond donors (Lipinski definition) is 1. The Morgan fingerprint density at radius 1 is 1.00 bits per heavy atom. The summed E-state index contributed by atoms with van der Waals surface area (Å²) < 4.78 is 6.10. The zero-order chi connectivity index (χ0) is 17.1. The highest BCUT2D eigenvalue weighted by Crippen LogP contribution is 2.30. The first-order valence-corrected chi connectivity index (χ1v) is 8.72. The summed E-state index contributed by atoms with van der Waals surface area (Å²) >= 11 is 0. The smallest absolute Gasteiger partial charge is 0.275 e. The maximum absolute atomic E-state index is 12.8. The number of para-hydroxylation sites is 2. The van der Waals surface area contributed by atoms with E-state index >= 15 is 0 Å². The number of anilines is 1. The minimum absolute atomic E-state index is 0.223. The van der Waals surface area contributed by atoms with Gasteiger partial charge in [0.15, 0.2) is 0 Å². The van der Waals surface area contributed by atoms with Crippen molar-refractivity contribution >= 4 is 22.4 Å². The van der Waals surface area contributed by atoms with Crippen molar-refractivity contribution in [2.45, 2.75) is 31.8 Å². The van der Waals surface area contributed by atoms with Gasteiger partial charge >= 0.3 is 0 Å². The van der Waals surface area contributed by atoms with Crippen molar-refractivity contribution in [2.24, 2.45) is 0 Å². The Hall–Kier alpha value is -2.88. The van der Waals surface area contributed by atoms with Crippen LogP contribution in [0.2, 0.25) is 0 Å². The fraction of sp³-hybridized carbons (Fsp3) is 0.238. The van der Waals surface area contributed by atoms with Crippen LogP contribution in [0.1, 0.15) is 36.2 Å². The molecule has 1 saturated carbocycles. The number of nitrogens with zero attached hydrogens (tertiary/aromatic N) is 1. The quantitative estimate of drug-likeness (QED) is 0.746. The van der Waals surface area contributed by atoms with Crippen molar-refractivity contribution in [1.82, 2.24) is 4.98 Å². The molecule has 1 amide bonds. The second-order valence-electron chi connectivity index (χ2n) is 6.36. The monoisotopic (exact) mass is 332 g/mol. The molecule has 0 unspecified atom stereocenters. The lowest BCUT2D eigenvalue weighted by Gasteiger charge is -2.17. The second kappa shape index (κ2) is 6.93. The third kappa shape index (κ3) is 3.33. The van der Waals surface area contributed by atoms with Gasteiger partial charge in [-0.3, -0.25) is 9.78 Å². The molecule has 4 heteroatoms. The SMILES string of the molecule is O=C(Nc1ccccc1OC1CCCC1)c1nccc2ccccc12.